The van der Waals surface area contributed by atoms with Gasteiger partial charge in [-0.3, -0.25) is 0 Å². The van der Waals surface area contributed by atoms with Crippen LogP contribution in [0.4, 0.5) is 0 Å². The first-order valence-electron chi connectivity index (χ1n) is 1.21. The molecule has 0 aromatic rings. The predicted molar refractivity (Wildman–Crippen MR) is 25.6 cm³/mol. The molecule has 0 aromatic carbocycles. The minimum atomic E-state index is 0. The predicted octanol–water partition coefficient (Wildman–Crippen LogP) is -2.95. The third kappa shape index (κ3) is 39.4. The van der Waals surface area contributed by atoms with Crippen LogP contribution in [0.2, 0.25) is 0 Å². The fourth-order valence-electron chi connectivity index (χ4n) is 0. The van der Waals surface area contributed by atoms with Crippen molar-refractivity contribution in [2.24, 2.45) is 0 Å². The molecule has 0 fully saturated rings. The third-order valence-electron chi connectivity index (χ3n) is 0. The van der Waals surface area contributed by atoms with Gasteiger partial charge in [-0.25, -0.2) is 0 Å². The molecule has 0 aliphatic heterocycles. The van der Waals surface area contributed by atoms with Gasteiger partial charge in [0.15, 0.2) is 17.4 Å². The van der Waals surface area contributed by atoms with Crippen molar-refractivity contribution in [2.75, 3.05) is 0 Å². The van der Waals surface area contributed by atoms with E-state index in [1.165, 1.54) is 0 Å². The maximum absolute atomic E-state index is 3.49. The molecule has 0 amide bonds. The van der Waals surface area contributed by atoms with Gasteiger partial charge in [0.2, 0.25) is 0 Å². The van der Waals surface area contributed by atoms with Crippen LogP contribution >= 0.6 is 0 Å². The van der Waals surface area contributed by atoms with Crippen LogP contribution in [0.3, 0.4) is 0 Å². The zero-order valence-corrected chi connectivity index (χ0v) is 3.41. The van der Waals surface area contributed by atoms with E-state index in [-0.39, 0.29) is 36.2 Å². The quantitative estimate of drug-likeness (QED) is 0.215. The van der Waals surface area contributed by atoms with Gasteiger partial charge < -0.3 is 6.92 Å². The average Bonchev–Trinajstić information content (AvgIpc) is 0.918. The molecule has 0 aliphatic rings. The first-order chi connectivity index (χ1) is 1.41. The van der Waals surface area contributed by atoms with Gasteiger partial charge in [0.1, 0.15) is 0 Å². The summed E-state index contributed by atoms with van der Waals surface area (Å²) in [4.78, 5) is 0. The molecule has 0 bridgehead atoms. The molecule has 0 radical (unpaired) electrons. The van der Waals surface area contributed by atoms with Crippen molar-refractivity contribution in [1.82, 2.24) is 0 Å². The zero-order chi connectivity index (χ0) is 2.71. The second-order valence-corrected chi connectivity index (χ2v) is 0.500. The molecule has 0 rings (SSSR count). The van der Waals surface area contributed by atoms with E-state index in [4.69, 9.17) is 0 Å². The second-order valence-electron chi connectivity index (χ2n) is 0.500. The van der Waals surface area contributed by atoms with Crippen molar-refractivity contribution in [2.45, 2.75) is 13.3 Å². The van der Waals surface area contributed by atoms with E-state index in [2.05, 4.69) is 6.92 Å². The van der Waals surface area contributed by atoms with E-state index >= 15 is 0 Å². The summed E-state index contributed by atoms with van der Waals surface area (Å²) in [6.07, 6.45) is 1.00. The van der Waals surface area contributed by atoms with Crippen LogP contribution in [-0.4, -0.2) is 17.4 Å². The van der Waals surface area contributed by atoms with Gasteiger partial charge in [-0.05, 0) is 0 Å². The Balaban J connectivity index is -0.0000000200. The molecule has 0 aliphatic carbocycles. The van der Waals surface area contributed by atoms with Crippen LogP contribution in [0, 0.1) is 6.92 Å². The van der Waals surface area contributed by atoms with Crippen LogP contribution < -0.4 is 18.9 Å². The van der Waals surface area contributed by atoms with E-state index in [0.29, 0.717) is 0 Å². The molecular weight excluding hydrogens is 70.0 g/mol. The fraction of sp³-hybridized carbons (Fsp3) is 0.667. The van der Waals surface area contributed by atoms with E-state index in [1.54, 1.807) is 0 Å². The average molecular weight is 80.0 g/mol. The minimum absolute atomic E-state index is 0. The van der Waals surface area contributed by atoms with E-state index in [1.807, 2.05) is 6.92 Å². The second kappa shape index (κ2) is 19.3. The van der Waals surface area contributed by atoms with Gasteiger partial charge >= 0.3 is 18.9 Å². The summed E-state index contributed by atoms with van der Waals surface area (Å²) in [6.45, 7) is 5.50. The standard InChI is InChI=1S/C3H7.Al.Li.3H/c1-3-2;;;;;/h1,3H2,2H3;;;;;/q-1;;+1;;;. The topological polar surface area (TPSA) is 0 Å². The summed E-state index contributed by atoms with van der Waals surface area (Å²) < 4.78 is 0. The third-order valence-corrected chi connectivity index (χ3v) is 0. The molecule has 5 heavy (non-hydrogen) atoms. The summed E-state index contributed by atoms with van der Waals surface area (Å²) >= 11 is 0. The molecule has 26 valence electrons. The van der Waals surface area contributed by atoms with Crippen molar-refractivity contribution in [3.63, 3.8) is 0 Å². The Hall–Kier alpha value is 1.13. The Morgan fingerprint density at radius 3 is 1.60 bits per heavy atom. The number of hydrogen-bond donors (Lipinski definition) is 0. The Kier molecular flexibility index (Phi) is 63.5. The zero-order valence-electron chi connectivity index (χ0n) is 3.41. The molecule has 0 atom stereocenters. The SMILES string of the molecule is [AlH3].[CH2-]CC.[Li+]. The summed E-state index contributed by atoms with van der Waals surface area (Å²) in [5.74, 6) is 0. The van der Waals surface area contributed by atoms with E-state index < -0.39 is 0 Å². The largest absolute Gasteiger partial charge is 1.00 e. The molecule has 0 heterocycles. The van der Waals surface area contributed by atoms with Gasteiger partial charge in [0.05, 0.1) is 0 Å². The van der Waals surface area contributed by atoms with Crippen LogP contribution in [0.5, 0.6) is 0 Å². The summed E-state index contributed by atoms with van der Waals surface area (Å²) in [5.41, 5.74) is 0. The Bertz CT molecular complexity index is 6.85. The van der Waals surface area contributed by atoms with E-state index in [9.17, 15) is 0 Å². The molecule has 0 unspecified atom stereocenters. The van der Waals surface area contributed by atoms with Crippen LogP contribution in [0.15, 0.2) is 0 Å². The molecular formula is C3H10AlLi. The van der Waals surface area contributed by atoms with Gasteiger partial charge in [-0.1, -0.05) is 6.92 Å². The van der Waals surface area contributed by atoms with E-state index in [0.717, 1.165) is 6.42 Å². The smallest absolute Gasteiger partial charge is 0.344 e. The van der Waals surface area contributed by atoms with Gasteiger partial charge in [0.25, 0.3) is 0 Å². The maximum atomic E-state index is 3.49. The van der Waals surface area contributed by atoms with Crippen LogP contribution in [0.1, 0.15) is 13.3 Å². The number of hydrogen-bond acceptors (Lipinski definition) is 0. The monoisotopic (exact) mass is 80.1 g/mol. The fourth-order valence-corrected chi connectivity index (χ4v) is 0. The molecule has 0 aromatic heterocycles. The summed E-state index contributed by atoms with van der Waals surface area (Å²) in [6, 6.07) is 0. The molecule has 0 N–H and O–H groups in total. The first-order valence-corrected chi connectivity index (χ1v) is 1.21. The molecule has 0 saturated carbocycles. The normalized spacial score (nSPS) is 3.60. The van der Waals surface area contributed by atoms with Crippen molar-refractivity contribution in [1.29, 1.82) is 0 Å². The van der Waals surface area contributed by atoms with Gasteiger partial charge in [-0.15, -0.1) is 0 Å². The van der Waals surface area contributed by atoms with Crippen LogP contribution in [-0.2, 0) is 0 Å². The molecule has 0 saturated heterocycles. The van der Waals surface area contributed by atoms with Crippen molar-refractivity contribution >= 4 is 17.4 Å². The Morgan fingerprint density at radius 1 is 1.60 bits per heavy atom. The maximum Gasteiger partial charge on any atom is 1.00 e. The minimum Gasteiger partial charge on any atom is -0.344 e. The number of rotatable bonds is 0. The van der Waals surface area contributed by atoms with Gasteiger partial charge in [0, 0.05) is 0 Å². The van der Waals surface area contributed by atoms with Crippen LogP contribution in [0.25, 0.3) is 0 Å². The van der Waals surface area contributed by atoms with Crippen molar-refractivity contribution in [3.05, 3.63) is 6.92 Å². The van der Waals surface area contributed by atoms with Crippen molar-refractivity contribution in [3.8, 4) is 0 Å². The molecule has 0 spiro atoms. The molecule has 2 heteroatoms. The van der Waals surface area contributed by atoms with Gasteiger partial charge in [-0.2, -0.15) is 6.42 Å². The Morgan fingerprint density at radius 2 is 1.60 bits per heavy atom. The van der Waals surface area contributed by atoms with Crippen molar-refractivity contribution < 1.29 is 18.9 Å². The molecule has 0 nitrogen and oxygen atoms in total. The first kappa shape index (κ1) is 16.5. The summed E-state index contributed by atoms with van der Waals surface area (Å²) in [7, 11) is 0. The summed E-state index contributed by atoms with van der Waals surface area (Å²) in [5, 5.41) is 0. The Labute approximate surface area is 56.6 Å².